The third-order valence-corrected chi connectivity index (χ3v) is 2.82. The molecular weight excluding hydrogens is 210 g/mol. The third kappa shape index (κ3) is 3.00. The summed E-state index contributed by atoms with van der Waals surface area (Å²) >= 11 is 0. The van der Waals surface area contributed by atoms with Crippen LogP contribution in [0.25, 0.3) is 0 Å². The molecule has 1 fully saturated rings. The summed E-state index contributed by atoms with van der Waals surface area (Å²) in [6, 6.07) is 4.13. The Morgan fingerprint density at radius 2 is 2.00 bits per heavy atom. The van der Waals surface area contributed by atoms with Crippen molar-refractivity contribution in [1.29, 1.82) is 0 Å². The lowest BCUT2D eigenvalue weighted by molar-refractivity contribution is 0.284. The number of hydrogen-bond acceptors (Lipinski definition) is 2. The molecule has 1 aliphatic rings. The summed E-state index contributed by atoms with van der Waals surface area (Å²) in [6.45, 7) is 4.65. The molecule has 0 saturated carbocycles. The number of hydrogen-bond donors (Lipinski definition) is 1. The molecular formula is C12H16F2N2. The van der Waals surface area contributed by atoms with E-state index in [1.54, 1.807) is 6.07 Å². The Kier molecular flexibility index (Phi) is 3.85. The highest BCUT2D eigenvalue weighted by Crippen LogP contribution is 2.11. The molecule has 1 saturated heterocycles. The summed E-state index contributed by atoms with van der Waals surface area (Å²) in [4.78, 5) is 2.26. The molecule has 1 aromatic carbocycles. The molecule has 1 heterocycles. The predicted octanol–water partition coefficient (Wildman–Crippen LogP) is 1.76. The van der Waals surface area contributed by atoms with Crippen molar-refractivity contribution < 1.29 is 8.78 Å². The summed E-state index contributed by atoms with van der Waals surface area (Å²) < 4.78 is 25.8. The predicted molar refractivity (Wildman–Crippen MR) is 59.1 cm³/mol. The molecule has 88 valence electrons. The van der Waals surface area contributed by atoms with Crippen LogP contribution in [-0.4, -0.2) is 31.1 Å². The summed E-state index contributed by atoms with van der Waals surface area (Å²) in [5, 5.41) is 3.31. The topological polar surface area (TPSA) is 15.3 Å². The van der Waals surface area contributed by atoms with Crippen molar-refractivity contribution in [3.8, 4) is 0 Å². The zero-order chi connectivity index (χ0) is 11.4. The van der Waals surface area contributed by atoms with Gasteiger partial charge in [-0.2, -0.15) is 0 Å². The molecule has 16 heavy (non-hydrogen) atoms. The van der Waals surface area contributed by atoms with Gasteiger partial charge in [0.2, 0.25) is 0 Å². The molecule has 0 radical (unpaired) electrons. The minimum atomic E-state index is -0.777. The first-order valence-corrected chi connectivity index (χ1v) is 5.63. The number of nitrogens with one attached hydrogen (secondary N) is 1. The summed E-state index contributed by atoms with van der Waals surface area (Å²) in [5.41, 5.74) is 0.834. The van der Waals surface area contributed by atoms with Gasteiger partial charge in [0.1, 0.15) is 0 Å². The fraction of sp³-hybridized carbons (Fsp3) is 0.500. The lowest BCUT2D eigenvalue weighted by atomic mass is 10.2. The van der Waals surface area contributed by atoms with Crippen LogP contribution in [0, 0.1) is 11.6 Å². The van der Waals surface area contributed by atoms with Gasteiger partial charge >= 0.3 is 0 Å². The van der Waals surface area contributed by atoms with Gasteiger partial charge in [0.05, 0.1) is 0 Å². The average molecular weight is 226 g/mol. The van der Waals surface area contributed by atoms with Crippen LogP contribution < -0.4 is 5.32 Å². The van der Waals surface area contributed by atoms with E-state index in [-0.39, 0.29) is 0 Å². The normalized spacial score (nSPS) is 18.4. The van der Waals surface area contributed by atoms with Crippen LogP contribution in [0.1, 0.15) is 12.0 Å². The maximum atomic E-state index is 13.0. The largest absolute Gasteiger partial charge is 0.315 e. The molecule has 0 aliphatic carbocycles. The van der Waals surface area contributed by atoms with Crippen molar-refractivity contribution in [3.05, 3.63) is 35.4 Å². The van der Waals surface area contributed by atoms with Crippen LogP contribution in [0.15, 0.2) is 18.2 Å². The van der Waals surface area contributed by atoms with Crippen LogP contribution in [0.2, 0.25) is 0 Å². The van der Waals surface area contributed by atoms with Crippen molar-refractivity contribution in [3.63, 3.8) is 0 Å². The summed E-state index contributed by atoms with van der Waals surface area (Å²) in [5.74, 6) is -1.54. The Bertz CT molecular complexity index is 347. The quantitative estimate of drug-likeness (QED) is 0.826. The van der Waals surface area contributed by atoms with Crippen LogP contribution in [0.4, 0.5) is 8.78 Å². The highest BCUT2D eigenvalue weighted by Gasteiger charge is 2.10. The fourth-order valence-electron chi connectivity index (χ4n) is 1.96. The van der Waals surface area contributed by atoms with Crippen molar-refractivity contribution in [1.82, 2.24) is 10.2 Å². The third-order valence-electron chi connectivity index (χ3n) is 2.82. The van der Waals surface area contributed by atoms with E-state index >= 15 is 0 Å². The number of rotatable bonds is 2. The van der Waals surface area contributed by atoms with Gasteiger partial charge in [0, 0.05) is 19.6 Å². The van der Waals surface area contributed by atoms with Crippen LogP contribution in [0.3, 0.4) is 0 Å². The SMILES string of the molecule is Fc1ccc(CN2CCCNCC2)cc1F. The molecule has 1 aromatic rings. The van der Waals surface area contributed by atoms with E-state index in [1.807, 2.05) is 0 Å². The second kappa shape index (κ2) is 5.37. The second-order valence-electron chi connectivity index (χ2n) is 4.13. The highest BCUT2D eigenvalue weighted by molar-refractivity contribution is 5.17. The van der Waals surface area contributed by atoms with E-state index in [0.717, 1.165) is 38.2 Å². The van der Waals surface area contributed by atoms with E-state index < -0.39 is 11.6 Å². The fourth-order valence-corrected chi connectivity index (χ4v) is 1.96. The van der Waals surface area contributed by atoms with Crippen molar-refractivity contribution in [2.75, 3.05) is 26.2 Å². The first-order chi connectivity index (χ1) is 7.75. The maximum absolute atomic E-state index is 13.0. The molecule has 0 amide bonds. The lowest BCUT2D eigenvalue weighted by Gasteiger charge is -2.19. The van der Waals surface area contributed by atoms with Crippen molar-refractivity contribution in [2.45, 2.75) is 13.0 Å². The van der Waals surface area contributed by atoms with Crippen molar-refractivity contribution >= 4 is 0 Å². The van der Waals surface area contributed by atoms with Gasteiger partial charge in [-0.25, -0.2) is 8.78 Å². The number of halogens is 2. The molecule has 0 aromatic heterocycles. The zero-order valence-corrected chi connectivity index (χ0v) is 9.18. The van der Waals surface area contributed by atoms with Crippen molar-refractivity contribution in [2.24, 2.45) is 0 Å². The Balaban J connectivity index is 1.99. The average Bonchev–Trinajstić information content (AvgIpc) is 2.52. The Morgan fingerprint density at radius 3 is 2.81 bits per heavy atom. The first-order valence-electron chi connectivity index (χ1n) is 5.63. The van der Waals surface area contributed by atoms with E-state index in [4.69, 9.17) is 0 Å². The molecule has 0 spiro atoms. The molecule has 0 unspecified atom stereocenters. The van der Waals surface area contributed by atoms with Gasteiger partial charge in [0.15, 0.2) is 11.6 Å². The molecule has 2 rings (SSSR count). The summed E-state index contributed by atoms with van der Waals surface area (Å²) in [7, 11) is 0. The monoisotopic (exact) mass is 226 g/mol. The highest BCUT2D eigenvalue weighted by atomic mass is 19.2. The molecule has 2 nitrogen and oxygen atoms in total. The minimum Gasteiger partial charge on any atom is -0.315 e. The van der Waals surface area contributed by atoms with Gasteiger partial charge < -0.3 is 5.32 Å². The number of nitrogens with zero attached hydrogens (tertiary/aromatic N) is 1. The molecule has 0 bridgehead atoms. The second-order valence-corrected chi connectivity index (χ2v) is 4.13. The van der Waals surface area contributed by atoms with Gasteiger partial charge in [-0.3, -0.25) is 4.90 Å². The molecule has 0 atom stereocenters. The van der Waals surface area contributed by atoms with E-state index in [9.17, 15) is 8.78 Å². The van der Waals surface area contributed by atoms with Gasteiger partial charge in [-0.15, -0.1) is 0 Å². The summed E-state index contributed by atoms with van der Waals surface area (Å²) in [6.07, 6.45) is 1.10. The number of benzene rings is 1. The van der Waals surface area contributed by atoms with Crippen LogP contribution in [0.5, 0.6) is 0 Å². The van der Waals surface area contributed by atoms with E-state index in [2.05, 4.69) is 10.2 Å². The first kappa shape index (κ1) is 11.5. The van der Waals surface area contributed by atoms with Gasteiger partial charge in [0.25, 0.3) is 0 Å². The zero-order valence-electron chi connectivity index (χ0n) is 9.18. The molecule has 1 aliphatic heterocycles. The van der Waals surface area contributed by atoms with E-state index in [1.165, 1.54) is 12.1 Å². The van der Waals surface area contributed by atoms with Gasteiger partial charge in [-0.1, -0.05) is 6.07 Å². The Hall–Kier alpha value is -1.00. The lowest BCUT2D eigenvalue weighted by Crippen LogP contribution is -2.27. The van der Waals surface area contributed by atoms with E-state index in [0.29, 0.717) is 6.54 Å². The van der Waals surface area contributed by atoms with Gasteiger partial charge in [-0.05, 0) is 37.2 Å². The molecule has 1 N–H and O–H groups in total. The van der Waals surface area contributed by atoms with Crippen LogP contribution >= 0.6 is 0 Å². The minimum absolute atomic E-state index is 0.693. The standard InChI is InChI=1S/C12H16F2N2/c13-11-3-2-10(8-12(11)14)9-16-6-1-4-15-5-7-16/h2-3,8,15H,1,4-7,9H2. The Labute approximate surface area is 94.3 Å². The molecule has 4 heteroatoms. The maximum Gasteiger partial charge on any atom is 0.159 e. The van der Waals surface area contributed by atoms with Crippen LogP contribution in [-0.2, 0) is 6.54 Å². The Morgan fingerprint density at radius 1 is 1.12 bits per heavy atom. The smallest absolute Gasteiger partial charge is 0.159 e.